The quantitative estimate of drug-likeness (QED) is 0.872. The molecule has 0 aliphatic carbocycles. The summed E-state index contributed by atoms with van der Waals surface area (Å²) < 4.78 is 0. The Morgan fingerprint density at radius 3 is 2.80 bits per heavy atom. The Morgan fingerprint density at radius 2 is 2.15 bits per heavy atom. The van der Waals surface area contributed by atoms with Crippen LogP contribution in [0.3, 0.4) is 0 Å². The van der Waals surface area contributed by atoms with E-state index < -0.39 is 5.60 Å². The molecule has 1 aromatic rings. The van der Waals surface area contributed by atoms with Gasteiger partial charge in [0.25, 0.3) is 0 Å². The predicted octanol–water partition coefficient (Wildman–Crippen LogP) is 3.76. The Balaban J connectivity index is 2.14. The molecule has 1 heterocycles. The van der Waals surface area contributed by atoms with E-state index in [0.717, 1.165) is 12.8 Å². The molecule has 0 radical (unpaired) electrons. The van der Waals surface area contributed by atoms with E-state index in [1.54, 1.807) is 36.9 Å². The van der Waals surface area contributed by atoms with E-state index in [9.17, 15) is 9.90 Å². The van der Waals surface area contributed by atoms with Gasteiger partial charge in [0.05, 0.1) is 27.4 Å². The molecule has 6 heteroatoms. The highest BCUT2D eigenvalue weighted by Gasteiger charge is 2.38. The number of carbonyl (C=O) groups is 1. The number of hydrogen-bond donors (Lipinski definition) is 2. The summed E-state index contributed by atoms with van der Waals surface area (Å²) in [6.45, 7) is 4.06. The summed E-state index contributed by atoms with van der Waals surface area (Å²) in [5.74, 6) is 0. The third kappa shape index (κ3) is 3.19. The minimum absolute atomic E-state index is 0.194. The number of amides is 2. The number of likely N-dealkylation sites (tertiary alicyclic amines) is 1. The first kappa shape index (κ1) is 15.4. The van der Waals surface area contributed by atoms with Crippen LogP contribution in [0, 0.1) is 0 Å². The average molecular weight is 317 g/mol. The summed E-state index contributed by atoms with van der Waals surface area (Å²) in [6.07, 6.45) is 1.67. The molecule has 2 N–H and O–H groups in total. The van der Waals surface area contributed by atoms with Gasteiger partial charge in [0.2, 0.25) is 0 Å². The zero-order valence-electron chi connectivity index (χ0n) is 11.5. The minimum Gasteiger partial charge on any atom is -0.388 e. The second kappa shape index (κ2) is 5.80. The van der Waals surface area contributed by atoms with Gasteiger partial charge in [-0.15, -0.1) is 0 Å². The lowest BCUT2D eigenvalue weighted by atomic mass is 9.97. The number of nitrogens with zero attached hydrogens (tertiary/aromatic N) is 1. The zero-order chi connectivity index (χ0) is 14.9. The van der Waals surface area contributed by atoms with Crippen LogP contribution in [0.15, 0.2) is 18.2 Å². The van der Waals surface area contributed by atoms with Crippen LogP contribution >= 0.6 is 23.2 Å². The number of rotatable bonds is 2. The highest BCUT2D eigenvalue weighted by molar-refractivity contribution is 6.43. The van der Waals surface area contributed by atoms with Crippen molar-refractivity contribution in [1.29, 1.82) is 0 Å². The molecule has 1 unspecified atom stereocenters. The van der Waals surface area contributed by atoms with Crippen molar-refractivity contribution in [3.05, 3.63) is 28.2 Å². The van der Waals surface area contributed by atoms with Crippen LogP contribution in [0.4, 0.5) is 10.5 Å². The number of anilines is 1. The predicted molar refractivity (Wildman–Crippen MR) is 81.5 cm³/mol. The van der Waals surface area contributed by atoms with Crippen LogP contribution in [0.25, 0.3) is 0 Å². The summed E-state index contributed by atoms with van der Waals surface area (Å²) >= 11 is 12.0. The first-order valence-electron chi connectivity index (χ1n) is 6.54. The fraction of sp³-hybridized carbons (Fsp3) is 0.500. The molecule has 0 aromatic heterocycles. The van der Waals surface area contributed by atoms with Crippen molar-refractivity contribution >= 4 is 34.9 Å². The van der Waals surface area contributed by atoms with Gasteiger partial charge >= 0.3 is 6.03 Å². The molecule has 2 rings (SSSR count). The molecular weight excluding hydrogens is 299 g/mol. The standard InChI is InChI=1S/C14H18Cl2N2O2/c1-14(2,20)11-7-4-8-18(11)13(19)17-10-6-3-5-9(15)12(10)16/h3,5-6,11,20H,4,7-8H2,1-2H3,(H,17,19). The van der Waals surface area contributed by atoms with Crippen molar-refractivity contribution in [1.82, 2.24) is 4.90 Å². The molecule has 1 aliphatic rings. The number of benzene rings is 1. The molecule has 0 spiro atoms. The number of aliphatic hydroxyl groups is 1. The van der Waals surface area contributed by atoms with Crippen LogP contribution in [-0.2, 0) is 0 Å². The fourth-order valence-electron chi connectivity index (χ4n) is 2.53. The smallest absolute Gasteiger partial charge is 0.322 e. The van der Waals surface area contributed by atoms with Crippen LogP contribution in [0.1, 0.15) is 26.7 Å². The zero-order valence-corrected chi connectivity index (χ0v) is 13.0. The van der Waals surface area contributed by atoms with E-state index in [4.69, 9.17) is 23.2 Å². The molecule has 4 nitrogen and oxygen atoms in total. The van der Waals surface area contributed by atoms with Gasteiger partial charge in [-0.3, -0.25) is 0 Å². The number of nitrogens with one attached hydrogen (secondary N) is 1. The SMILES string of the molecule is CC(C)(O)C1CCCN1C(=O)Nc1cccc(Cl)c1Cl. The maximum atomic E-state index is 12.3. The van der Waals surface area contributed by atoms with Crippen molar-refractivity contribution in [3.8, 4) is 0 Å². The molecule has 1 aliphatic heterocycles. The number of hydrogen-bond acceptors (Lipinski definition) is 2. The van der Waals surface area contributed by atoms with Crippen molar-refractivity contribution in [2.75, 3.05) is 11.9 Å². The maximum Gasteiger partial charge on any atom is 0.322 e. The summed E-state index contributed by atoms with van der Waals surface area (Å²) in [5.41, 5.74) is -0.447. The van der Waals surface area contributed by atoms with Gasteiger partial charge < -0.3 is 15.3 Å². The molecule has 0 saturated carbocycles. The maximum absolute atomic E-state index is 12.3. The average Bonchev–Trinajstić information content (AvgIpc) is 2.84. The van der Waals surface area contributed by atoms with Crippen LogP contribution < -0.4 is 5.32 Å². The molecule has 1 aromatic carbocycles. The number of urea groups is 1. The summed E-state index contributed by atoms with van der Waals surface area (Å²) in [7, 11) is 0. The molecule has 1 atom stereocenters. The molecule has 2 amide bonds. The van der Waals surface area contributed by atoms with Gasteiger partial charge in [0, 0.05) is 6.54 Å². The van der Waals surface area contributed by atoms with Gasteiger partial charge in [0.15, 0.2) is 0 Å². The van der Waals surface area contributed by atoms with E-state index in [0.29, 0.717) is 22.3 Å². The van der Waals surface area contributed by atoms with Crippen molar-refractivity contribution in [2.24, 2.45) is 0 Å². The van der Waals surface area contributed by atoms with Gasteiger partial charge in [-0.1, -0.05) is 29.3 Å². The molecular formula is C14H18Cl2N2O2. The lowest BCUT2D eigenvalue weighted by molar-refractivity contribution is 0.0117. The first-order chi connectivity index (χ1) is 9.30. The van der Waals surface area contributed by atoms with E-state index in [2.05, 4.69) is 5.32 Å². The topological polar surface area (TPSA) is 52.6 Å². The lowest BCUT2D eigenvalue weighted by Crippen LogP contribution is -2.49. The normalized spacial score (nSPS) is 19.2. The van der Waals surface area contributed by atoms with Crippen LogP contribution in [0.2, 0.25) is 10.0 Å². The highest BCUT2D eigenvalue weighted by atomic mass is 35.5. The minimum atomic E-state index is -0.925. The third-order valence-corrected chi connectivity index (χ3v) is 4.34. The Morgan fingerprint density at radius 1 is 1.45 bits per heavy atom. The molecule has 1 saturated heterocycles. The van der Waals surface area contributed by atoms with Crippen molar-refractivity contribution < 1.29 is 9.90 Å². The number of carbonyl (C=O) groups excluding carboxylic acids is 1. The lowest BCUT2D eigenvalue weighted by Gasteiger charge is -2.33. The van der Waals surface area contributed by atoms with E-state index in [1.165, 1.54) is 0 Å². The first-order valence-corrected chi connectivity index (χ1v) is 7.30. The summed E-state index contributed by atoms with van der Waals surface area (Å²) in [6, 6.07) is 4.62. The van der Waals surface area contributed by atoms with E-state index in [1.807, 2.05) is 0 Å². The van der Waals surface area contributed by atoms with Gasteiger partial charge in [-0.2, -0.15) is 0 Å². The second-order valence-corrected chi connectivity index (χ2v) is 6.32. The molecule has 1 fully saturated rings. The van der Waals surface area contributed by atoms with Gasteiger partial charge in [0.1, 0.15) is 0 Å². The molecule has 0 bridgehead atoms. The Kier molecular flexibility index (Phi) is 4.47. The fourth-order valence-corrected chi connectivity index (χ4v) is 2.88. The summed E-state index contributed by atoms with van der Waals surface area (Å²) in [5, 5.41) is 13.6. The third-order valence-electron chi connectivity index (χ3n) is 3.52. The number of halogens is 2. The van der Waals surface area contributed by atoms with E-state index >= 15 is 0 Å². The van der Waals surface area contributed by atoms with Gasteiger partial charge in [-0.25, -0.2) is 4.79 Å². The Labute approximate surface area is 128 Å². The van der Waals surface area contributed by atoms with Crippen LogP contribution in [0.5, 0.6) is 0 Å². The molecule has 110 valence electrons. The second-order valence-electron chi connectivity index (χ2n) is 5.54. The highest BCUT2D eigenvalue weighted by Crippen LogP contribution is 2.31. The van der Waals surface area contributed by atoms with Crippen LogP contribution in [-0.4, -0.2) is 34.2 Å². The van der Waals surface area contributed by atoms with E-state index in [-0.39, 0.29) is 12.1 Å². The monoisotopic (exact) mass is 316 g/mol. The van der Waals surface area contributed by atoms with Crippen molar-refractivity contribution in [2.45, 2.75) is 38.3 Å². The Hall–Kier alpha value is -0.970. The molecule has 20 heavy (non-hydrogen) atoms. The summed E-state index contributed by atoms with van der Waals surface area (Å²) in [4.78, 5) is 14.0. The van der Waals surface area contributed by atoms with Gasteiger partial charge in [-0.05, 0) is 38.8 Å². The largest absolute Gasteiger partial charge is 0.388 e. The Bertz CT molecular complexity index is 514. The van der Waals surface area contributed by atoms with Crippen molar-refractivity contribution in [3.63, 3.8) is 0 Å².